The van der Waals surface area contributed by atoms with E-state index in [9.17, 15) is 8.78 Å². The molecule has 5 nitrogen and oxygen atoms in total. The average molecular weight is 298 g/mol. The van der Waals surface area contributed by atoms with E-state index < -0.39 is 13.0 Å². The normalized spacial score (nSPS) is 13.2. The quantitative estimate of drug-likeness (QED) is 0.797. The van der Waals surface area contributed by atoms with E-state index in [0.29, 0.717) is 6.54 Å². The van der Waals surface area contributed by atoms with E-state index in [2.05, 4.69) is 15.4 Å². The zero-order valence-electron chi connectivity index (χ0n) is 12.4. The van der Waals surface area contributed by atoms with Gasteiger partial charge in [0, 0.05) is 36.1 Å². The molecule has 1 N–H and O–H groups in total. The minimum atomic E-state index is -2.42. The van der Waals surface area contributed by atoms with Gasteiger partial charge >= 0.3 is 0 Å². The fraction of sp³-hybridized carbons (Fsp3) is 0.571. The van der Waals surface area contributed by atoms with Crippen LogP contribution in [0, 0.1) is 13.8 Å². The summed E-state index contributed by atoms with van der Waals surface area (Å²) < 4.78 is 30.5. The molecule has 0 saturated heterocycles. The Kier molecular flexibility index (Phi) is 5.19. The molecule has 0 aromatic carbocycles. The lowest BCUT2D eigenvalue weighted by Crippen LogP contribution is -2.25. The summed E-state index contributed by atoms with van der Waals surface area (Å²) >= 11 is 0. The Morgan fingerprint density at radius 3 is 2.86 bits per heavy atom. The van der Waals surface area contributed by atoms with Crippen LogP contribution in [0.3, 0.4) is 0 Å². The fourth-order valence-corrected chi connectivity index (χ4v) is 2.23. The number of nitrogens with zero attached hydrogens (tertiary/aromatic N) is 3. The highest BCUT2D eigenvalue weighted by molar-refractivity contribution is 5.42. The molecule has 2 rings (SSSR count). The van der Waals surface area contributed by atoms with Gasteiger partial charge in [0.05, 0.1) is 12.3 Å². The van der Waals surface area contributed by atoms with Crippen LogP contribution in [0.2, 0.25) is 0 Å². The van der Waals surface area contributed by atoms with Crippen molar-refractivity contribution in [3.63, 3.8) is 0 Å². The Balaban J connectivity index is 1.96. The molecule has 1 atom stereocenters. The Labute approximate surface area is 122 Å². The summed E-state index contributed by atoms with van der Waals surface area (Å²) in [6.07, 6.45) is -0.594. The Bertz CT molecular complexity index is 600. The van der Waals surface area contributed by atoms with Crippen molar-refractivity contribution in [2.45, 2.75) is 33.2 Å². The topological polar surface area (TPSA) is 51.5 Å². The SMILES string of the molecule is Cc1cc2ncc(C(C)NCCOCC(F)F)c(C)n2n1. The van der Waals surface area contributed by atoms with Gasteiger partial charge < -0.3 is 10.1 Å². The molecule has 0 saturated carbocycles. The molecule has 0 bridgehead atoms. The summed E-state index contributed by atoms with van der Waals surface area (Å²) in [5, 5.41) is 7.64. The van der Waals surface area contributed by atoms with Crippen molar-refractivity contribution in [1.29, 1.82) is 0 Å². The number of aromatic nitrogens is 3. The highest BCUT2D eigenvalue weighted by Gasteiger charge is 2.12. The molecule has 1 unspecified atom stereocenters. The maximum Gasteiger partial charge on any atom is 0.261 e. The van der Waals surface area contributed by atoms with Gasteiger partial charge in [-0.3, -0.25) is 0 Å². The zero-order chi connectivity index (χ0) is 15.4. The molecule has 0 fully saturated rings. The maximum atomic E-state index is 11.9. The molecule has 0 aliphatic rings. The number of rotatable bonds is 7. The highest BCUT2D eigenvalue weighted by Crippen LogP contribution is 2.17. The van der Waals surface area contributed by atoms with Crippen molar-refractivity contribution in [3.8, 4) is 0 Å². The summed E-state index contributed by atoms with van der Waals surface area (Å²) in [4.78, 5) is 4.38. The van der Waals surface area contributed by atoms with E-state index >= 15 is 0 Å². The number of hydrogen-bond donors (Lipinski definition) is 1. The van der Waals surface area contributed by atoms with Gasteiger partial charge in [0.25, 0.3) is 6.43 Å². The standard InChI is InChI=1S/C14H20F2N4O/c1-9-6-14-18-7-12(11(3)20(14)19-9)10(2)17-4-5-21-8-13(15)16/h6-7,10,13,17H,4-5,8H2,1-3H3. The zero-order valence-corrected chi connectivity index (χ0v) is 12.4. The largest absolute Gasteiger partial charge is 0.374 e. The first-order chi connectivity index (χ1) is 9.99. The third-order valence-corrected chi connectivity index (χ3v) is 3.29. The lowest BCUT2D eigenvalue weighted by Gasteiger charge is -2.16. The van der Waals surface area contributed by atoms with Crippen molar-refractivity contribution >= 4 is 5.65 Å². The minimum Gasteiger partial charge on any atom is -0.374 e. The third kappa shape index (κ3) is 3.95. The van der Waals surface area contributed by atoms with E-state index in [0.717, 1.165) is 22.6 Å². The highest BCUT2D eigenvalue weighted by atomic mass is 19.3. The molecule has 7 heteroatoms. The molecule has 0 amide bonds. The second-order valence-corrected chi connectivity index (χ2v) is 5.00. The van der Waals surface area contributed by atoms with Crippen molar-refractivity contribution in [1.82, 2.24) is 19.9 Å². The molecule has 116 valence electrons. The number of hydrogen-bond acceptors (Lipinski definition) is 4. The van der Waals surface area contributed by atoms with Gasteiger partial charge in [-0.2, -0.15) is 5.10 Å². The van der Waals surface area contributed by atoms with Crippen LogP contribution in [-0.2, 0) is 4.74 Å². The van der Waals surface area contributed by atoms with Gasteiger partial charge in [-0.25, -0.2) is 18.3 Å². The number of halogens is 2. The van der Waals surface area contributed by atoms with Crippen LogP contribution in [0.25, 0.3) is 5.65 Å². The number of aryl methyl sites for hydroxylation is 2. The predicted molar refractivity (Wildman–Crippen MR) is 75.7 cm³/mol. The molecule has 0 aliphatic carbocycles. The molecular weight excluding hydrogens is 278 g/mol. The predicted octanol–water partition coefficient (Wildman–Crippen LogP) is 2.28. The summed E-state index contributed by atoms with van der Waals surface area (Å²) in [7, 11) is 0. The summed E-state index contributed by atoms with van der Waals surface area (Å²) in [5.74, 6) is 0. The van der Waals surface area contributed by atoms with Crippen molar-refractivity contribution < 1.29 is 13.5 Å². The monoisotopic (exact) mass is 298 g/mol. The Morgan fingerprint density at radius 1 is 1.38 bits per heavy atom. The first kappa shape index (κ1) is 15.8. The molecule has 2 aromatic heterocycles. The van der Waals surface area contributed by atoms with Gasteiger partial charge in [0.1, 0.15) is 6.61 Å². The van der Waals surface area contributed by atoms with E-state index in [4.69, 9.17) is 4.74 Å². The maximum absolute atomic E-state index is 11.9. The molecule has 0 radical (unpaired) electrons. The van der Waals surface area contributed by atoms with Crippen molar-refractivity contribution in [3.05, 3.63) is 29.2 Å². The number of ether oxygens (including phenoxy) is 1. The second-order valence-electron chi connectivity index (χ2n) is 5.00. The van der Waals surface area contributed by atoms with Crippen LogP contribution in [0.1, 0.15) is 29.9 Å². The van der Waals surface area contributed by atoms with Crippen LogP contribution in [-0.4, -0.2) is 40.8 Å². The molecule has 2 aromatic rings. The van der Waals surface area contributed by atoms with Crippen molar-refractivity contribution in [2.24, 2.45) is 0 Å². The lowest BCUT2D eigenvalue weighted by atomic mass is 10.1. The van der Waals surface area contributed by atoms with E-state index in [-0.39, 0.29) is 12.6 Å². The Hall–Kier alpha value is -1.60. The van der Waals surface area contributed by atoms with Gasteiger partial charge in [0.2, 0.25) is 0 Å². The van der Waals surface area contributed by atoms with Gasteiger partial charge in [0.15, 0.2) is 5.65 Å². The van der Waals surface area contributed by atoms with Gasteiger partial charge in [-0.15, -0.1) is 0 Å². The minimum absolute atomic E-state index is 0.0431. The van der Waals surface area contributed by atoms with Gasteiger partial charge in [-0.1, -0.05) is 0 Å². The summed E-state index contributed by atoms with van der Waals surface area (Å²) in [5.41, 5.74) is 3.78. The van der Waals surface area contributed by atoms with Crippen LogP contribution in [0.15, 0.2) is 12.3 Å². The van der Waals surface area contributed by atoms with Crippen LogP contribution < -0.4 is 5.32 Å². The third-order valence-electron chi connectivity index (χ3n) is 3.29. The summed E-state index contributed by atoms with van der Waals surface area (Å²) in [6, 6.07) is 1.97. The summed E-state index contributed by atoms with van der Waals surface area (Å²) in [6.45, 7) is 6.15. The molecule has 21 heavy (non-hydrogen) atoms. The van der Waals surface area contributed by atoms with Crippen molar-refractivity contribution in [2.75, 3.05) is 19.8 Å². The average Bonchev–Trinajstić information content (AvgIpc) is 2.79. The molecule has 2 heterocycles. The number of alkyl halides is 2. The van der Waals surface area contributed by atoms with E-state index in [1.165, 1.54) is 0 Å². The van der Waals surface area contributed by atoms with Crippen LogP contribution >= 0.6 is 0 Å². The number of nitrogens with one attached hydrogen (secondary N) is 1. The second kappa shape index (κ2) is 6.91. The Morgan fingerprint density at radius 2 is 2.14 bits per heavy atom. The molecule has 0 spiro atoms. The van der Waals surface area contributed by atoms with E-state index in [1.54, 1.807) is 0 Å². The van der Waals surface area contributed by atoms with Gasteiger partial charge in [-0.05, 0) is 20.8 Å². The molecule has 0 aliphatic heterocycles. The smallest absolute Gasteiger partial charge is 0.261 e. The first-order valence-corrected chi connectivity index (χ1v) is 6.90. The lowest BCUT2D eigenvalue weighted by molar-refractivity contribution is 0.0183. The van der Waals surface area contributed by atoms with E-state index in [1.807, 2.05) is 37.5 Å². The molecular formula is C14H20F2N4O. The van der Waals surface area contributed by atoms with Crippen LogP contribution in [0.5, 0.6) is 0 Å². The first-order valence-electron chi connectivity index (χ1n) is 6.90. The number of fused-ring (bicyclic) bond motifs is 1. The fourth-order valence-electron chi connectivity index (χ4n) is 2.23. The van der Waals surface area contributed by atoms with Crippen LogP contribution in [0.4, 0.5) is 8.78 Å².